The Morgan fingerprint density at radius 2 is 2.57 bits per heavy atom. The van der Waals surface area contributed by atoms with Crippen LogP contribution in [0.5, 0.6) is 0 Å². The maximum Gasteiger partial charge on any atom is 0.320 e. The highest BCUT2D eigenvalue weighted by Crippen LogP contribution is 2.06. The van der Waals surface area contributed by atoms with Gasteiger partial charge in [0.05, 0.1) is 19.0 Å². The predicted molar refractivity (Wildman–Crippen MR) is 82.0 cm³/mol. The first-order valence-electron chi connectivity index (χ1n) is 9.25. The van der Waals surface area contributed by atoms with Crippen molar-refractivity contribution in [3.8, 4) is 0 Å². The van der Waals surface area contributed by atoms with Crippen molar-refractivity contribution < 1.29 is 16.8 Å². The first-order valence-corrected chi connectivity index (χ1v) is 6.75. The van der Waals surface area contributed by atoms with E-state index in [-0.39, 0.29) is 0 Å². The molecule has 1 N–H and O–H groups in total. The van der Waals surface area contributed by atoms with Crippen LogP contribution in [0, 0.1) is 0 Å². The molecule has 1 rings (SSSR count). The summed E-state index contributed by atoms with van der Waals surface area (Å²) in [4.78, 5) is 12.9. The van der Waals surface area contributed by atoms with Gasteiger partial charge in [-0.25, -0.2) is 4.68 Å². The molecule has 0 unspecified atom stereocenters. The quantitative estimate of drug-likeness (QED) is 0.498. The molecule has 0 fully saturated rings. The van der Waals surface area contributed by atoms with Gasteiger partial charge in [-0.2, -0.15) is 0 Å². The first-order chi connectivity index (χ1) is 12.1. The fourth-order valence-electron chi connectivity index (χ4n) is 1.91. The number of allylic oxidation sites excluding steroid dienone is 1. The lowest BCUT2D eigenvalue weighted by atomic mass is 10.1. The molecule has 6 heteroatoms. The van der Waals surface area contributed by atoms with Gasteiger partial charge in [-0.05, 0) is 32.7 Å². The van der Waals surface area contributed by atoms with E-state index >= 15 is 0 Å². The van der Waals surface area contributed by atoms with E-state index < -0.39 is 31.1 Å². The van der Waals surface area contributed by atoms with Crippen LogP contribution in [0.25, 0.3) is 0 Å². The Morgan fingerprint density at radius 1 is 1.76 bits per heavy atom. The highest BCUT2D eigenvalue weighted by molar-refractivity contribution is 5.72. The number of carbonyl (C=O) groups is 1. The van der Waals surface area contributed by atoms with Crippen molar-refractivity contribution in [1.29, 1.82) is 0 Å². The molecule has 0 aliphatic heterocycles. The lowest BCUT2D eigenvalue weighted by molar-refractivity contribution is -0.142. The summed E-state index contributed by atoms with van der Waals surface area (Å²) in [5.41, 5.74) is 0.528. The number of carboxylic acid groups (broad SMARTS) is 1. The molecular formula is C15H24N4O2. The summed E-state index contributed by atoms with van der Waals surface area (Å²) in [5, 5.41) is 16.6. The number of hydrogen-bond acceptors (Lipinski definition) is 4. The van der Waals surface area contributed by atoms with Gasteiger partial charge in [-0.3, -0.25) is 9.69 Å². The van der Waals surface area contributed by atoms with Crippen molar-refractivity contribution >= 4 is 5.97 Å². The fraction of sp³-hybridized carbons (Fsp3) is 0.533. The number of unbranched alkanes of at least 4 members (excludes halogenated alkanes) is 1. The van der Waals surface area contributed by atoms with Gasteiger partial charge in [0.25, 0.3) is 0 Å². The van der Waals surface area contributed by atoms with Gasteiger partial charge >= 0.3 is 5.97 Å². The number of aliphatic carboxylic acids is 1. The van der Waals surface area contributed by atoms with E-state index in [9.17, 15) is 4.79 Å². The van der Waals surface area contributed by atoms with Crippen molar-refractivity contribution in [2.45, 2.75) is 38.7 Å². The second-order valence-corrected chi connectivity index (χ2v) is 4.65. The maximum absolute atomic E-state index is 11.1. The maximum atomic E-state index is 11.1. The molecule has 0 spiro atoms. The molecule has 1 aromatic rings. The average molecular weight is 297 g/mol. The molecule has 0 aliphatic carbocycles. The van der Waals surface area contributed by atoms with E-state index in [0.29, 0.717) is 31.6 Å². The summed E-state index contributed by atoms with van der Waals surface area (Å²) in [6.45, 7) is 3.00. The molecule has 0 aromatic carbocycles. The van der Waals surface area contributed by atoms with Crippen LogP contribution in [0.15, 0.2) is 31.4 Å². The highest BCUT2D eigenvalue weighted by Gasteiger charge is 2.18. The van der Waals surface area contributed by atoms with Gasteiger partial charge in [0.1, 0.15) is 6.04 Å². The number of rotatable bonds is 11. The minimum absolute atomic E-state index is 0.477. The molecule has 0 aliphatic rings. The lowest BCUT2D eigenvalue weighted by Crippen LogP contribution is -2.39. The molecule has 0 saturated heterocycles. The van der Waals surface area contributed by atoms with E-state index in [1.165, 1.54) is 6.20 Å². The third-order valence-electron chi connectivity index (χ3n) is 3.11. The highest BCUT2D eigenvalue weighted by atomic mass is 16.4. The van der Waals surface area contributed by atoms with Crippen molar-refractivity contribution in [2.24, 2.45) is 0 Å². The van der Waals surface area contributed by atoms with Gasteiger partial charge in [-0.15, -0.1) is 18.2 Å². The third kappa shape index (κ3) is 5.91. The fourth-order valence-corrected chi connectivity index (χ4v) is 1.91. The summed E-state index contributed by atoms with van der Waals surface area (Å²) in [7, 11) is 0. The number of nitrogens with zero attached hydrogens (tertiary/aromatic N) is 4. The van der Waals surface area contributed by atoms with Gasteiger partial charge in [0.15, 0.2) is 0 Å². The molecule has 1 heterocycles. The number of carboxylic acids is 1. The van der Waals surface area contributed by atoms with Crippen LogP contribution < -0.4 is 0 Å². The Labute approximate surface area is 132 Å². The van der Waals surface area contributed by atoms with Gasteiger partial charge < -0.3 is 5.11 Å². The van der Waals surface area contributed by atoms with Crippen LogP contribution in [-0.4, -0.2) is 50.1 Å². The molecule has 0 saturated carbocycles. The number of aryl methyl sites for hydroxylation is 1. The Kier molecular flexibility index (Phi) is 4.64. The van der Waals surface area contributed by atoms with Gasteiger partial charge in [-0.1, -0.05) is 17.3 Å². The van der Waals surface area contributed by atoms with E-state index in [1.54, 1.807) is 17.9 Å². The monoisotopic (exact) mass is 297 g/mol. The largest absolute Gasteiger partial charge is 0.480 e. The Bertz CT molecular complexity index is 658. The lowest BCUT2D eigenvalue weighted by Gasteiger charge is -2.24. The minimum Gasteiger partial charge on any atom is -0.480 e. The second-order valence-electron chi connectivity index (χ2n) is 4.65. The van der Waals surface area contributed by atoms with Crippen molar-refractivity contribution in [3.63, 3.8) is 0 Å². The standard InChI is InChI=1S/C15H24N4O2/c1-4-9-18(13(3)15(20)21)11-7-6-8-14-12-19(10-5-2)17-16-14/h4-5,12-13H,1-2,6-11H2,3H3,(H,20,21)/t13-/m0/s1/i2D2,5D,10D2. The molecule has 6 nitrogen and oxygen atoms in total. The second kappa shape index (κ2) is 9.07. The zero-order valence-electron chi connectivity index (χ0n) is 17.1. The van der Waals surface area contributed by atoms with Crippen LogP contribution in [-0.2, 0) is 17.7 Å². The van der Waals surface area contributed by atoms with Gasteiger partial charge in [0.2, 0.25) is 0 Å². The zero-order valence-corrected chi connectivity index (χ0v) is 12.1. The summed E-state index contributed by atoms with van der Waals surface area (Å²) < 4.78 is 38.1. The van der Waals surface area contributed by atoms with E-state index in [1.807, 2.05) is 0 Å². The molecule has 0 radical (unpaired) electrons. The normalized spacial score (nSPS) is 16.2. The van der Waals surface area contributed by atoms with E-state index in [4.69, 9.17) is 12.0 Å². The zero-order chi connectivity index (χ0) is 19.9. The molecular weight excluding hydrogens is 268 g/mol. The number of hydrogen-bond donors (Lipinski definition) is 1. The summed E-state index contributed by atoms with van der Waals surface area (Å²) >= 11 is 0. The van der Waals surface area contributed by atoms with Crippen molar-refractivity contribution in [2.75, 3.05) is 13.1 Å². The predicted octanol–water partition coefficient (Wildman–Crippen LogP) is 1.75. The summed E-state index contributed by atoms with van der Waals surface area (Å²) in [6.07, 6.45) is 4.96. The van der Waals surface area contributed by atoms with E-state index in [2.05, 4.69) is 16.9 Å². The Morgan fingerprint density at radius 3 is 3.24 bits per heavy atom. The van der Waals surface area contributed by atoms with Crippen LogP contribution >= 0.6 is 0 Å². The van der Waals surface area contributed by atoms with Crippen LogP contribution in [0.4, 0.5) is 0 Å². The Balaban J connectivity index is 2.60. The molecule has 116 valence electrons. The Hall–Kier alpha value is -1.95. The van der Waals surface area contributed by atoms with Crippen molar-refractivity contribution in [1.82, 2.24) is 19.9 Å². The van der Waals surface area contributed by atoms with E-state index in [0.717, 1.165) is 11.1 Å². The van der Waals surface area contributed by atoms with Gasteiger partial charge in [0, 0.05) is 12.7 Å². The topological polar surface area (TPSA) is 71.2 Å². The SMILES string of the molecule is [2H]C([2H])=C([2H])C([2H])([2H])n1cc(CCCCN(CC=C)[C@@H](C)C(=O)O)nn1. The third-order valence-corrected chi connectivity index (χ3v) is 3.11. The smallest absolute Gasteiger partial charge is 0.320 e. The molecule has 0 bridgehead atoms. The minimum atomic E-state index is -2.40. The van der Waals surface area contributed by atoms with Crippen LogP contribution in [0.1, 0.15) is 32.3 Å². The van der Waals surface area contributed by atoms with Crippen LogP contribution in [0.2, 0.25) is 0 Å². The first kappa shape index (κ1) is 10.7. The molecule has 1 atom stereocenters. The molecule has 21 heavy (non-hydrogen) atoms. The van der Waals surface area contributed by atoms with Crippen molar-refractivity contribution in [3.05, 3.63) is 37.1 Å². The summed E-state index contributed by atoms with van der Waals surface area (Å²) in [5.74, 6) is -0.889. The molecule has 0 amide bonds. The average Bonchev–Trinajstić information content (AvgIpc) is 3.05. The number of aromatic nitrogens is 3. The van der Waals surface area contributed by atoms with Crippen LogP contribution in [0.3, 0.4) is 0 Å². The molecule has 1 aromatic heterocycles. The summed E-state index contributed by atoms with van der Waals surface area (Å²) in [6, 6.07) is -1.40.